The lowest BCUT2D eigenvalue weighted by molar-refractivity contribution is 0.0243. The highest BCUT2D eigenvalue weighted by Crippen LogP contribution is 2.20. The van der Waals surface area contributed by atoms with Gasteiger partial charge in [-0.2, -0.15) is 0 Å². The summed E-state index contributed by atoms with van der Waals surface area (Å²) in [4.78, 5) is 13.9. The largest absolute Gasteiger partial charge is 0.397 e. The molecule has 0 spiro atoms. The fourth-order valence-corrected chi connectivity index (χ4v) is 2.20. The van der Waals surface area contributed by atoms with Crippen LogP contribution in [0.5, 0.6) is 0 Å². The Morgan fingerprint density at radius 1 is 1.59 bits per heavy atom. The molecule has 2 unspecified atom stereocenters. The maximum atomic E-state index is 12.2. The average molecular weight is 237 g/mol. The minimum atomic E-state index is -0.426. The van der Waals surface area contributed by atoms with Crippen LogP contribution in [0.2, 0.25) is 0 Å². The quantitative estimate of drug-likeness (QED) is 0.745. The van der Waals surface area contributed by atoms with Gasteiger partial charge < -0.3 is 20.3 Å². The normalized spacial score (nSPS) is 25.0. The van der Waals surface area contributed by atoms with E-state index in [2.05, 4.69) is 0 Å². The van der Waals surface area contributed by atoms with Gasteiger partial charge in [-0.3, -0.25) is 4.79 Å². The number of nitrogens with zero attached hydrogens (tertiary/aromatic N) is 2. The SMILES string of the molecule is CC1CCN(C(=O)c2cc(N)cn2C)CC1O. The van der Waals surface area contributed by atoms with Gasteiger partial charge in [0.1, 0.15) is 5.69 Å². The molecule has 2 rings (SSSR count). The third kappa shape index (κ3) is 2.29. The highest BCUT2D eigenvalue weighted by atomic mass is 16.3. The van der Waals surface area contributed by atoms with Crippen molar-refractivity contribution in [3.05, 3.63) is 18.0 Å². The molecule has 1 aliphatic rings. The molecule has 2 atom stereocenters. The van der Waals surface area contributed by atoms with Gasteiger partial charge in [-0.1, -0.05) is 6.92 Å². The third-order valence-corrected chi connectivity index (χ3v) is 3.45. The molecule has 0 radical (unpaired) electrons. The predicted molar refractivity (Wildman–Crippen MR) is 65.5 cm³/mol. The van der Waals surface area contributed by atoms with Crippen molar-refractivity contribution in [3.63, 3.8) is 0 Å². The molecule has 1 saturated heterocycles. The Hall–Kier alpha value is -1.49. The number of rotatable bonds is 1. The Morgan fingerprint density at radius 2 is 2.29 bits per heavy atom. The average Bonchev–Trinajstić information content (AvgIpc) is 2.61. The van der Waals surface area contributed by atoms with Crippen LogP contribution in [-0.4, -0.2) is 39.7 Å². The first-order valence-electron chi connectivity index (χ1n) is 5.88. The van der Waals surface area contributed by atoms with Crippen molar-refractivity contribution in [2.45, 2.75) is 19.4 Å². The number of aromatic nitrogens is 1. The fraction of sp³-hybridized carbons (Fsp3) is 0.583. The first-order chi connectivity index (χ1) is 7.99. The number of nitrogens with two attached hydrogens (primary N) is 1. The number of piperidine rings is 1. The zero-order valence-electron chi connectivity index (χ0n) is 10.3. The zero-order chi connectivity index (χ0) is 12.6. The van der Waals surface area contributed by atoms with Gasteiger partial charge in [0.25, 0.3) is 5.91 Å². The number of amides is 1. The van der Waals surface area contributed by atoms with Crippen LogP contribution >= 0.6 is 0 Å². The molecule has 5 nitrogen and oxygen atoms in total. The number of carbonyl (C=O) groups excluding carboxylic acids is 1. The lowest BCUT2D eigenvalue weighted by Crippen LogP contribution is -2.46. The van der Waals surface area contributed by atoms with E-state index in [9.17, 15) is 9.90 Å². The van der Waals surface area contributed by atoms with E-state index < -0.39 is 6.10 Å². The molecule has 5 heteroatoms. The number of nitrogen functional groups attached to an aromatic ring is 1. The lowest BCUT2D eigenvalue weighted by Gasteiger charge is -2.34. The zero-order valence-corrected chi connectivity index (χ0v) is 10.3. The molecule has 0 aromatic carbocycles. The maximum absolute atomic E-state index is 12.2. The van der Waals surface area contributed by atoms with Gasteiger partial charge in [0.05, 0.1) is 11.8 Å². The summed E-state index contributed by atoms with van der Waals surface area (Å²) >= 11 is 0. The standard InChI is InChI=1S/C12H19N3O2/c1-8-3-4-15(7-11(8)16)12(17)10-5-9(13)6-14(10)2/h5-6,8,11,16H,3-4,7,13H2,1-2H3. The molecule has 0 aliphatic carbocycles. The first kappa shape index (κ1) is 12.0. The Bertz CT molecular complexity index is 427. The van der Waals surface area contributed by atoms with E-state index in [0.717, 1.165) is 6.42 Å². The van der Waals surface area contributed by atoms with Gasteiger partial charge in [-0.15, -0.1) is 0 Å². The van der Waals surface area contributed by atoms with Crippen molar-refractivity contribution in [1.29, 1.82) is 0 Å². The second kappa shape index (κ2) is 4.41. The van der Waals surface area contributed by atoms with Gasteiger partial charge in [0.15, 0.2) is 0 Å². The van der Waals surface area contributed by atoms with E-state index in [1.165, 1.54) is 0 Å². The van der Waals surface area contributed by atoms with Crippen LogP contribution in [0.1, 0.15) is 23.8 Å². The van der Waals surface area contributed by atoms with E-state index in [0.29, 0.717) is 24.5 Å². The summed E-state index contributed by atoms with van der Waals surface area (Å²) in [6, 6.07) is 1.67. The van der Waals surface area contributed by atoms with Gasteiger partial charge >= 0.3 is 0 Å². The van der Waals surface area contributed by atoms with Crippen molar-refractivity contribution >= 4 is 11.6 Å². The topological polar surface area (TPSA) is 71.5 Å². The summed E-state index contributed by atoms with van der Waals surface area (Å²) in [5.41, 5.74) is 6.81. The van der Waals surface area contributed by atoms with Crippen LogP contribution in [0.4, 0.5) is 5.69 Å². The van der Waals surface area contributed by atoms with E-state index in [-0.39, 0.29) is 11.8 Å². The van der Waals surface area contributed by atoms with Crippen LogP contribution in [0, 0.1) is 5.92 Å². The number of carbonyl (C=O) groups is 1. The van der Waals surface area contributed by atoms with E-state index >= 15 is 0 Å². The molecule has 94 valence electrons. The summed E-state index contributed by atoms with van der Waals surface area (Å²) in [5.74, 6) is 0.202. The third-order valence-electron chi connectivity index (χ3n) is 3.45. The smallest absolute Gasteiger partial charge is 0.270 e. The summed E-state index contributed by atoms with van der Waals surface area (Å²) < 4.78 is 1.72. The van der Waals surface area contributed by atoms with Crippen LogP contribution in [0.25, 0.3) is 0 Å². The van der Waals surface area contributed by atoms with Crippen molar-refractivity contribution in [2.75, 3.05) is 18.8 Å². The number of hydrogen-bond acceptors (Lipinski definition) is 3. The van der Waals surface area contributed by atoms with Gasteiger partial charge in [-0.05, 0) is 18.4 Å². The fourth-order valence-electron chi connectivity index (χ4n) is 2.20. The molecular weight excluding hydrogens is 218 g/mol. The minimum absolute atomic E-state index is 0.0600. The molecule has 2 heterocycles. The molecule has 1 aliphatic heterocycles. The molecule has 1 aromatic heterocycles. The number of aliphatic hydroxyl groups excluding tert-OH is 1. The number of β-amino-alcohol motifs (C(OH)–C–C–N with tert-alkyl or cyclic N) is 1. The molecular formula is C12H19N3O2. The molecule has 1 aromatic rings. The van der Waals surface area contributed by atoms with Crippen LogP contribution in [0.3, 0.4) is 0 Å². The number of aryl methyl sites for hydroxylation is 1. The summed E-state index contributed by atoms with van der Waals surface area (Å²) in [6.07, 6.45) is 2.13. The van der Waals surface area contributed by atoms with E-state index in [1.807, 2.05) is 6.92 Å². The predicted octanol–water partition coefficient (Wildman–Crippen LogP) is 0.450. The molecule has 0 bridgehead atoms. The van der Waals surface area contributed by atoms with Crippen molar-refractivity contribution in [3.8, 4) is 0 Å². The molecule has 1 amide bonds. The first-order valence-corrected chi connectivity index (χ1v) is 5.88. The van der Waals surface area contributed by atoms with Gasteiger partial charge in [0, 0.05) is 26.3 Å². The Kier molecular flexibility index (Phi) is 3.11. The van der Waals surface area contributed by atoms with E-state index in [1.54, 1.807) is 28.8 Å². The van der Waals surface area contributed by atoms with Crippen LogP contribution < -0.4 is 5.73 Å². The second-order valence-corrected chi connectivity index (χ2v) is 4.85. The van der Waals surface area contributed by atoms with Crippen molar-refractivity contribution in [1.82, 2.24) is 9.47 Å². The van der Waals surface area contributed by atoms with Crippen molar-refractivity contribution < 1.29 is 9.90 Å². The summed E-state index contributed by atoms with van der Waals surface area (Å²) in [5, 5.41) is 9.79. The monoisotopic (exact) mass is 237 g/mol. The highest BCUT2D eigenvalue weighted by molar-refractivity contribution is 5.93. The molecule has 1 fully saturated rings. The number of hydrogen-bond donors (Lipinski definition) is 2. The number of likely N-dealkylation sites (tertiary alicyclic amines) is 1. The summed E-state index contributed by atoms with van der Waals surface area (Å²) in [7, 11) is 1.80. The van der Waals surface area contributed by atoms with Crippen LogP contribution in [0.15, 0.2) is 12.3 Å². The van der Waals surface area contributed by atoms with Crippen LogP contribution in [-0.2, 0) is 7.05 Å². The summed E-state index contributed by atoms with van der Waals surface area (Å²) in [6.45, 7) is 3.11. The van der Waals surface area contributed by atoms with Gasteiger partial charge in [0.2, 0.25) is 0 Å². The number of aliphatic hydroxyl groups is 1. The van der Waals surface area contributed by atoms with Gasteiger partial charge in [-0.25, -0.2) is 0 Å². The Balaban J connectivity index is 2.13. The maximum Gasteiger partial charge on any atom is 0.270 e. The Labute approximate surface area is 101 Å². The van der Waals surface area contributed by atoms with E-state index in [4.69, 9.17) is 5.73 Å². The second-order valence-electron chi connectivity index (χ2n) is 4.85. The lowest BCUT2D eigenvalue weighted by atomic mass is 9.96. The highest BCUT2D eigenvalue weighted by Gasteiger charge is 2.28. The minimum Gasteiger partial charge on any atom is -0.397 e. The molecule has 0 saturated carbocycles. The Morgan fingerprint density at radius 3 is 2.82 bits per heavy atom. The van der Waals surface area contributed by atoms with Crippen molar-refractivity contribution in [2.24, 2.45) is 13.0 Å². The number of anilines is 1. The molecule has 3 N–H and O–H groups in total. The molecule has 17 heavy (non-hydrogen) atoms.